The average Bonchev–Trinajstić information content (AvgIpc) is 2.14. The van der Waals surface area contributed by atoms with Crippen molar-refractivity contribution in [2.24, 2.45) is 0 Å². The van der Waals surface area contributed by atoms with Gasteiger partial charge in [-0.3, -0.25) is 0 Å². The van der Waals surface area contributed by atoms with E-state index in [1.54, 1.807) is 10.8 Å². The third kappa shape index (κ3) is 6.01. The lowest BCUT2D eigenvalue weighted by atomic mass is 10.6. The van der Waals surface area contributed by atoms with Crippen molar-refractivity contribution in [1.29, 1.82) is 0 Å². The minimum absolute atomic E-state index is 0.579. The molecule has 0 saturated carbocycles. The van der Waals surface area contributed by atoms with Crippen LogP contribution in [0.4, 0.5) is 0 Å². The van der Waals surface area contributed by atoms with Crippen LogP contribution in [0.3, 0.4) is 0 Å². The first-order valence-electron chi connectivity index (χ1n) is 4.72. The van der Waals surface area contributed by atoms with Gasteiger partial charge in [0.2, 0.25) is 0 Å². The molecule has 0 aromatic carbocycles. The molecule has 5 heteroatoms. The highest BCUT2D eigenvalue weighted by atomic mass is 33.1. The van der Waals surface area contributed by atoms with E-state index in [1.807, 2.05) is 24.6 Å². The van der Waals surface area contributed by atoms with E-state index >= 15 is 0 Å². The van der Waals surface area contributed by atoms with Crippen LogP contribution in [0.15, 0.2) is 0 Å². The predicted octanol–water partition coefficient (Wildman–Crippen LogP) is 2.61. The summed E-state index contributed by atoms with van der Waals surface area (Å²) in [4.78, 5) is 0.579. The summed E-state index contributed by atoms with van der Waals surface area (Å²) in [6.45, 7) is 7.83. The maximum absolute atomic E-state index is 5.67. The molecule has 13 heavy (non-hydrogen) atoms. The second-order valence-corrected chi connectivity index (χ2v) is 7.89. The normalized spacial score (nSPS) is 13.6. The molecule has 0 saturated heterocycles. The van der Waals surface area contributed by atoms with E-state index < -0.39 is 9.28 Å². The highest BCUT2D eigenvalue weighted by molar-refractivity contribution is 8.77. The van der Waals surface area contributed by atoms with Gasteiger partial charge in [0.15, 0.2) is 0 Å². The molecule has 1 atom stereocenters. The zero-order valence-corrected chi connectivity index (χ0v) is 11.7. The fraction of sp³-hybridized carbons (Fsp3) is 1.00. The van der Waals surface area contributed by atoms with Crippen LogP contribution < -0.4 is 0 Å². The van der Waals surface area contributed by atoms with E-state index in [9.17, 15) is 0 Å². The lowest BCUT2D eigenvalue weighted by Gasteiger charge is -2.22. The number of rotatable bonds is 8. The summed E-state index contributed by atoms with van der Waals surface area (Å²) in [5, 5.41) is 0. The molecule has 0 radical (unpaired) electrons. The molecular weight excluding hydrogens is 220 g/mol. The zero-order valence-electron chi connectivity index (χ0n) is 8.91. The van der Waals surface area contributed by atoms with Crippen LogP contribution in [0.1, 0.15) is 27.2 Å². The van der Waals surface area contributed by atoms with E-state index in [1.165, 1.54) is 0 Å². The van der Waals surface area contributed by atoms with Gasteiger partial charge in [0.05, 0.1) is 4.87 Å². The first kappa shape index (κ1) is 13.8. The second kappa shape index (κ2) is 9.39. The lowest BCUT2D eigenvalue weighted by Crippen LogP contribution is -2.34. The molecule has 2 nitrogen and oxygen atoms in total. The Morgan fingerprint density at radius 2 is 1.69 bits per heavy atom. The Morgan fingerprint density at radius 1 is 1.15 bits per heavy atom. The molecule has 0 N–H and O–H groups in total. The molecule has 0 amide bonds. The molecule has 80 valence electrons. The van der Waals surface area contributed by atoms with Crippen LogP contribution in [0, 0.1) is 0 Å². The molecule has 0 aliphatic rings. The zero-order chi connectivity index (χ0) is 10.1. The first-order valence-corrected chi connectivity index (χ1v) is 8.95. The Labute approximate surface area is 91.4 Å². The fourth-order valence-corrected chi connectivity index (χ4v) is 6.77. The maximum Gasteiger partial charge on any atom is 0.335 e. The minimum atomic E-state index is -1.42. The van der Waals surface area contributed by atoms with Gasteiger partial charge in [-0.05, 0) is 26.5 Å². The summed E-state index contributed by atoms with van der Waals surface area (Å²) < 4.78 is 11.3. The quantitative estimate of drug-likeness (QED) is 0.479. The van der Waals surface area contributed by atoms with Gasteiger partial charge in [-0.15, -0.1) is 0 Å². The summed E-state index contributed by atoms with van der Waals surface area (Å²) in [5.41, 5.74) is 0. The van der Waals surface area contributed by atoms with Gasteiger partial charge >= 0.3 is 9.28 Å². The van der Waals surface area contributed by atoms with Crippen molar-refractivity contribution in [3.05, 3.63) is 0 Å². The SMILES string of the molecule is CCO[SiH](OCC)C(CC)SSC. The molecule has 0 aliphatic carbocycles. The fourth-order valence-electron chi connectivity index (χ4n) is 1.02. The summed E-state index contributed by atoms with van der Waals surface area (Å²) in [6.07, 6.45) is 3.25. The Kier molecular flexibility index (Phi) is 10.00. The lowest BCUT2D eigenvalue weighted by molar-refractivity contribution is 0.211. The van der Waals surface area contributed by atoms with Gasteiger partial charge in [-0.1, -0.05) is 28.5 Å². The Hall–Kier alpha value is 0.837. The van der Waals surface area contributed by atoms with Crippen molar-refractivity contribution in [3.8, 4) is 0 Å². The van der Waals surface area contributed by atoms with Gasteiger partial charge in [0.25, 0.3) is 0 Å². The van der Waals surface area contributed by atoms with E-state index in [2.05, 4.69) is 13.2 Å². The van der Waals surface area contributed by atoms with E-state index in [0.29, 0.717) is 4.87 Å². The van der Waals surface area contributed by atoms with Crippen molar-refractivity contribution in [2.45, 2.75) is 32.1 Å². The molecule has 0 aromatic rings. The van der Waals surface area contributed by atoms with Crippen LogP contribution in [0.25, 0.3) is 0 Å². The minimum Gasteiger partial charge on any atom is -0.396 e. The van der Waals surface area contributed by atoms with E-state index in [0.717, 1.165) is 19.6 Å². The smallest absolute Gasteiger partial charge is 0.335 e. The number of hydrogen-bond donors (Lipinski definition) is 0. The molecule has 0 spiro atoms. The highest BCUT2D eigenvalue weighted by Crippen LogP contribution is 2.28. The molecule has 0 rings (SSSR count). The van der Waals surface area contributed by atoms with Crippen LogP contribution in [-0.4, -0.2) is 33.6 Å². The summed E-state index contributed by atoms with van der Waals surface area (Å²) in [7, 11) is 2.27. The van der Waals surface area contributed by atoms with E-state index in [-0.39, 0.29) is 0 Å². The average molecular weight is 240 g/mol. The molecule has 0 aliphatic heterocycles. The molecule has 0 fully saturated rings. The highest BCUT2D eigenvalue weighted by Gasteiger charge is 2.24. The maximum atomic E-state index is 5.67. The Bertz CT molecular complexity index is 110. The van der Waals surface area contributed by atoms with Gasteiger partial charge < -0.3 is 8.85 Å². The Balaban J connectivity index is 3.94. The van der Waals surface area contributed by atoms with Gasteiger partial charge in [-0.25, -0.2) is 0 Å². The van der Waals surface area contributed by atoms with Crippen LogP contribution >= 0.6 is 21.6 Å². The third-order valence-electron chi connectivity index (χ3n) is 1.59. The summed E-state index contributed by atoms with van der Waals surface area (Å²) in [6, 6.07) is 0. The molecule has 0 heterocycles. The molecule has 1 unspecified atom stereocenters. The van der Waals surface area contributed by atoms with Crippen molar-refractivity contribution >= 4 is 30.9 Å². The first-order chi connectivity index (χ1) is 6.29. The largest absolute Gasteiger partial charge is 0.396 e. The molecule has 0 aromatic heterocycles. The van der Waals surface area contributed by atoms with Gasteiger partial charge in [-0.2, -0.15) is 0 Å². The molecular formula is C8H20O2S2Si. The van der Waals surface area contributed by atoms with Crippen molar-refractivity contribution in [2.75, 3.05) is 19.5 Å². The topological polar surface area (TPSA) is 18.5 Å². The van der Waals surface area contributed by atoms with E-state index in [4.69, 9.17) is 8.85 Å². The Morgan fingerprint density at radius 3 is 2.00 bits per heavy atom. The predicted molar refractivity (Wildman–Crippen MR) is 65.6 cm³/mol. The summed E-state index contributed by atoms with van der Waals surface area (Å²) >= 11 is 0. The van der Waals surface area contributed by atoms with Crippen molar-refractivity contribution in [1.82, 2.24) is 0 Å². The van der Waals surface area contributed by atoms with Crippen LogP contribution in [-0.2, 0) is 8.85 Å². The van der Waals surface area contributed by atoms with Crippen LogP contribution in [0.5, 0.6) is 0 Å². The standard InChI is InChI=1S/C8H20O2S2Si/c1-5-8(12-11-4)13(9-6-2)10-7-3/h8,13H,5-7H2,1-4H3. The van der Waals surface area contributed by atoms with Gasteiger partial charge in [0.1, 0.15) is 0 Å². The van der Waals surface area contributed by atoms with Gasteiger partial charge in [0, 0.05) is 13.2 Å². The van der Waals surface area contributed by atoms with Crippen molar-refractivity contribution in [3.63, 3.8) is 0 Å². The summed E-state index contributed by atoms with van der Waals surface area (Å²) in [5.74, 6) is 0. The second-order valence-electron chi connectivity index (χ2n) is 2.49. The monoisotopic (exact) mass is 240 g/mol. The molecule has 0 bridgehead atoms. The van der Waals surface area contributed by atoms with Crippen molar-refractivity contribution < 1.29 is 8.85 Å². The van der Waals surface area contributed by atoms with Crippen LogP contribution in [0.2, 0.25) is 0 Å². The third-order valence-corrected chi connectivity index (χ3v) is 7.75. The number of hydrogen-bond acceptors (Lipinski definition) is 4.